The lowest BCUT2D eigenvalue weighted by molar-refractivity contribution is -0.148. The Morgan fingerprint density at radius 2 is 1.56 bits per heavy atom. The number of nitrogens with one attached hydrogen (secondary N) is 1. The summed E-state index contributed by atoms with van der Waals surface area (Å²) in [7, 11) is 1.49. The summed E-state index contributed by atoms with van der Waals surface area (Å²) in [5, 5.41) is 12.0. The fourth-order valence-electron chi connectivity index (χ4n) is 4.56. The quantitative estimate of drug-likeness (QED) is 0.537. The van der Waals surface area contributed by atoms with E-state index >= 15 is 0 Å². The number of amides is 2. The fourth-order valence-corrected chi connectivity index (χ4v) is 4.56. The number of alkyl carbamates (subject to hydrolysis) is 1. The first-order valence-corrected chi connectivity index (χ1v) is 11.8. The molecule has 0 saturated heterocycles. The maximum absolute atomic E-state index is 12.6. The molecule has 7 heteroatoms. The van der Waals surface area contributed by atoms with Gasteiger partial charge in [0.05, 0.1) is 0 Å². The zero-order valence-corrected chi connectivity index (χ0v) is 20.3. The standard InChI is InChI=1S/C27H34N2O5/c1-17(2)13-19(14-25(30)29(4)18(3)26(31)32)15-28-27(33)34-16-24-22-11-7-5-9-20(22)21-10-6-8-12-23(21)24/h5-12,17-19,24H,13-16H2,1-4H3,(H,28,33)(H,31,32)/t18?,19-/m0/s1. The number of carbonyl (C=O) groups excluding carboxylic acids is 2. The van der Waals surface area contributed by atoms with Crippen LogP contribution in [0.4, 0.5) is 4.79 Å². The number of hydrogen-bond donors (Lipinski definition) is 2. The van der Waals surface area contributed by atoms with Gasteiger partial charge in [-0.25, -0.2) is 9.59 Å². The Balaban J connectivity index is 1.57. The van der Waals surface area contributed by atoms with Gasteiger partial charge >= 0.3 is 12.1 Å². The highest BCUT2D eigenvalue weighted by Gasteiger charge is 2.29. The number of carboxylic acid groups (broad SMARTS) is 1. The van der Waals surface area contributed by atoms with Crippen molar-refractivity contribution in [1.29, 1.82) is 0 Å². The van der Waals surface area contributed by atoms with Gasteiger partial charge in [0.25, 0.3) is 0 Å². The number of hydrogen-bond acceptors (Lipinski definition) is 4. The molecule has 1 unspecified atom stereocenters. The van der Waals surface area contributed by atoms with Crippen molar-refractivity contribution in [1.82, 2.24) is 10.2 Å². The minimum atomic E-state index is -1.05. The summed E-state index contributed by atoms with van der Waals surface area (Å²) in [6.07, 6.45) is 0.371. The molecule has 0 aromatic heterocycles. The van der Waals surface area contributed by atoms with Crippen LogP contribution < -0.4 is 5.32 Å². The molecule has 0 heterocycles. The molecule has 0 spiro atoms. The Kier molecular flexibility index (Phi) is 8.31. The smallest absolute Gasteiger partial charge is 0.407 e. The van der Waals surface area contributed by atoms with E-state index in [2.05, 4.69) is 29.6 Å². The van der Waals surface area contributed by atoms with Gasteiger partial charge in [0.15, 0.2) is 0 Å². The summed E-state index contributed by atoms with van der Waals surface area (Å²) < 4.78 is 5.59. The highest BCUT2D eigenvalue weighted by molar-refractivity contribution is 5.83. The van der Waals surface area contributed by atoms with Crippen molar-refractivity contribution in [2.75, 3.05) is 20.2 Å². The average molecular weight is 467 g/mol. The topological polar surface area (TPSA) is 95.9 Å². The lowest BCUT2D eigenvalue weighted by atomic mass is 9.93. The largest absolute Gasteiger partial charge is 0.480 e. The van der Waals surface area contributed by atoms with E-state index in [0.717, 1.165) is 17.5 Å². The number of ether oxygens (including phenoxy) is 1. The Morgan fingerprint density at radius 3 is 2.09 bits per heavy atom. The summed E-state index contributed by atoms with van der Waals surface area (Å²) in [5.74, 6) is -1.11. The molecular weight excluding hydrogens is 432 g/mol. The molecule has 2 atom stereocenters. The van der Waals surface area contributed by atoms with Crippen LogP contribution in [0.1, 0.15) is 50.7 Å². The molecule has 182 valence electrons. The van der Waals surface area contributed by atoms with Gasteiger partial charge in [-0.2, -0.15) is 0 Å². The third-order valence-corrected chi connectivity index (χ3v) is 6.48. The number of aliphatic carboxylic acids is 1. The Hall–Kier alpha value is -3.35. The molecule has 1 aliphatic carbocycles. The lowest BCUT2D eigenvalue weighted by Gasteiger charge is -2.25. The van der Waals surface area contributed by atoms with Gasteiger partial charge in [0.1, 0.15) is 12.6 Å². The van der Waals surface area contributed by atoms with Crippen molar-refractivity contribution in [3.05, 3.63) is 59.7 Å². The molecule has 0 saturated carbocycles. The van der Waals surface area contributed by atoms with E-state index in [0.29, 0.717) is 5.92 Å². The second-order valence-electron chi connectivity index (χ2n) is 9.43. The normalized spacial score (nSPS) is 14.1. The van der Waals surface area contributed by atoms with Crippen molar-refractivity contribution in [3.63, 3.8) is 0 Å². The zero-order valence-electron chi connectivity index (χ0n) is 20.3. The third-order valence-electron chi connectivity index (χ3n) is 6.48. The van der Waals surface area contributed by atoms with Crippen LogP contribution in [-0.2, 0) is 14.3 Å². The first kappa shape index (κ1) is 25.3. The number of carbonyl (C=O) groups is 3. The molecular formula is C27H34N2O5. The van der Waals surface area contributed by atoms with Crippen molar-refractivity contribution < 1.29 is 24.2 Å². The Labute approximate surface area is 201 Å². The minimum absolute atomic E-state index is 0.0163. The van der Waals surface area contributed by atoms with Crippen LogP contribution in [-0.4, -0.2) is 54.2 Å². The van der Waals surface area contributed by atoms with Crippen molar-refractivity contribution in [2.24, 2.45) is 11.8 Å². The fraction of sp³-hybridized carbons (Fsp3) is 0.444. The summed E-state index contributed by atoms with van der Waals surface area (Å²) in [4.78, 5) is 37.5. The summed E-state index contributed by atoms with van der Waals surface area (Å²) in [6.45, 7) is 6.09. The van der Waals surface area contributed by atoms with E-state index in [1.165, 1.54) is 30.0 Å². The van der Waals surface area contributed by atoms with Crippen LogP contribution in [0.5, 0.6) is 0 Å². The van der Waals surface area contributed by atoms with E-state index in [-0.39, 0.29) is 37.3 Å². The molecule has 34 heavy (non-hydrogen) atoms. The maximum atomic E-state index is 12.6. The molecule has 2 N–H and O–H groups in total. The Morgan fingerprint density at radius 1 is 1.00 bits per heavy atom. The zero-order chi connectivity index (χ0) is 24.8. The van der Waals surface area contributed by atoms with Gasteiger partial charge in [-0.15, -0.1) is 0 Å². The van der Waals surface area contributed by atoms with Crippen LogP contribution in [0.15, 0.2) is 48.5 Å². The van der Waals surface area contributed by atoms with Gasteiger partial charge in [-0.05, 0) is 47.4 Å². The lowest BCUT2D eigenvalue weighted by Crippen LogP contribution is -2.42. The third kappa shape index (κ3) is 5.95. The first-order valence-electron chi connectivity index (χ1n) is 11.8. The maximum Gasteiger partial charge on any atom is 0.407 e. The molecule has 7 nitrogen and oxygen atoms in total. The average Bonchev–Trinajstić information content (AvgIpc) is 3.13. The van der Waals surface area contributed by atoms with Crippen LogP contribution in [0.3, 0.4) is 0 Å². The first-order chi connectivity index (χ1) is 16.2. The van der Waals surface area contributed by atoms with Gasteiger partial charge in [-0.3, -0.25) is 4.79 Å². The van der Waals surface area contributed by atoms with E-state index < -0.39 is 18.1 Å². The summed E-state index contributed by atoms with van der Waals surface area (Å²) >= 11 is 0. The van der Waals surface area contributed by atoms with Gasteiger partial charge in [-0.1, -0.05) is 62.4 Å². The van der Waals surface area contributed by atoms with Gasteiger partial charge in [0, 0.05) is 25.9 Å². The molecule has 0 aliphatic heterocycles. The van der Waals surface area contributed by atoms with E-state index in [9.17, 15) is 14.4 Å². The molecule has 2 amide bonds. The molecule has 0 bridgehead atoms. The summed E-state index contributed by atoms with van der Waals surface area (Å²) in [6, 6.07) is 15.4. The summed E-state index contributed by atoms with van der Waals surface area (Å²) in [5.41, 5.74) is 4.63. The minimum Gasteiger partial charge on any atom is -0.480 e. The number of rotatable bonds is 10. The van der Waals surface area contributed by atoms with E-state index in [1.807, 2.05) is 38.1 Å². The van der Waals surface area contributed by atoms with E-state index in [4.69, 9.17) is 9.84 Å². The highest BCUT2D eigenvalue weighted by atomic mass is 16.5. The number of carboxylic acids is 1. The molecule has 2 aromatic carbocycles. The molecule has 2 aromatic rings. The molecule has 0 radical (unpaired) electrons. The second-order valence-corrected chi connectivity index (χ2v) is 9.43. The molecule has 1 aliphatic rings. The van der Waals surface area contributed by atoms with Crippen molar-refractivity contribution in [2.45, 2.75) is 45.6 Å². The Bertz CT molecular complexity index is 990. The number of likely N-dealkylation sites (N-methyl/N-ethyl adjacent to an activating group) is 1. The highest BCUT2D eigenvalue weighted by Crippen LogP contribution is 2.44. The van der Waals surface area contributed by atoms with Crippen LogP contribution >= 0.6 is 0 Å². The predicted octanol–water partition coefficient (Wildman–Crippen LogP) is 4.51. The SMILES string of the molecule is CC(C)C[C@H](CNC(=O)OCC1c2ccccc2-c2ccccc21)CC(=O)N(C)C(C)C(=O)O. The van der Waals surface area contributed by atoms with Crippen LogP contribution in [0, 0.1) is 11.8 Å². The van der Waals surface area contributed by atoms with E-state index in [1.54, 1.807) is 0 Å². The molecule has 0 fully saturated rings. The van der Waals surface area contributed by atoms with Gasteiger partial charge in [0.2, 0.25) is 5.91 Å². The number of nitrogens with zero attached hydrogens (tertiary/aromatic N) is 1. The van der Waals surface area contributed by atoms with Crippen molar-refractivity contribution in [3.8, 4) is 11.1 Å². The van der Waals surface area contributed by atoms with Crippen LogP contribution in [0.2, 0.25) is 0 Å². The monoisotopic (exact) mass is 466 g/mol. The number of benzene rings is 2. The van der Waals surface area contributed by atoms with Crippen molar-refractivity contribution >= 4 is 18.0 Å². The second kappa shape index (κ2) is 11.2. The molecule has 3 rings (SSSR count). The van der Waals surface area contributed by atoms with Crippen LogP contribution in [0.25, 0.3) is 11.1 Å². The predicted molar refractivity (Wildman–Crippen MR) is 131 cm³/mol. The van der Waals surface area contributed by atoms with Gasteiger partial charge < -0.3 is 20.1 Å². The number of fused-ring (bicyclic) bond motifs is 3.